The monoisotopic (exact) mass is 797 g/mol. The number of carbonyl (C=O) groups is 4. The summed E-state index contributed by atoms with van der Waals surface area (Å²) in [7, 11) is 4.06. The van der Waals surface area contributed by atoms with E-state index in [2.05, 4.69) is 4.98 Å². The molecule has 0 bridgehead atoms. The number of phenols is 1. The standard InChI is InChI=1S/C43H35ClF3N3O7/c1-49(39-30(44)16-17-33(48-39)43(45,46)47)50-40(54)26-15-14-25-28(35(26)41(50)55)20-29-38(53)27(22-10-6-4-7-11-22)21-34(52)42(29,23-12-8-5-9-13-23)37(25)36-31(51)18-24(56-2)19-32(36)57-3/h4-14,16-19,21,26,28-29,35,37,51H,15,20H2,1-3H3/t26-,28+,29-,35-,37+,42-/m0/s1. The van der Waals surface area contributed by atoms with Crippen LogP contribution in [0.1, 0.15) is 41.1 Å². The SMILES string of the molecule is COc1cc(O)c([C@H]2C3=CC[C@@H]4C(=O)N(N(C)c5nc(C(F)(F)F)ccc5Cl)C(=O)[C@@H]4[C@@H]3C[C@H]3C(=O)C(c4ccccc4)=CC(=O)[C@@]23c2ccccc2)c(OC)c1. The van der Waals surface area contributed by atoms with E-state index in [-0.39, 0.29) is 52.0 Å². The zero-order valence-electron chi connectivity index (χ0n) is 30.8. The number of methoxy groups -OCH3 is 2. The number of imide groups is 1. The minimum absolute atomic E-state index is 0.00761. The lowest BCUT2D eigenvalue weighted by Crippen LogP contribution is -2.59. The number of anilines is 1. The number of allylic oxidation sites excluding steroid dienone is 4. The number of aromatic nitrogens is 1. The van der Waals surface area contributed by atoms with E-state index in [1.165, 1.54) is 33.4 Å². The summed E-state index contributed by atoms with van der Waals surface area (Å²) < 4.78 is 52.5. The summed E-state index contributed by atoms with van der Waals surface area (Å²) in [5.74, 6) is -7.68. The molecule has 292 valence electrons. The number of Topliss-reactive ketones (excluding diaryl/α,β-unsaturated/α-hetero) is 1. The molecule has 2 fully saturated rings. The Balaban J connectivity index is 1.34. The number of rotatable bonds is 7. The van der Waals surface area contributed by atoms with E-state index in [1.807, 2.05) is 0 Å². The third-order valence-corrected chi connectivity index (χ3v) is 12.2. The van der Waals surface area contributed by atoms with Gasteiger partial charge >= 0.3 is 6.18 Å². The molecule has 1 saturated heterocycles. The molecule has 1 saturated carbocycles. The predicted molar refractivity (Wildman–Crippen MR) is 202 cm³/mol. The first-order valence-corrected chi connectivity index (χ1v) is 18.5. The molecule has 1 N–H and O–H groups in total. The van der Waals surface area contributed by atoms with Crippen molar-refractivity contribution in [3.63, 3.8) is 0 Å². The van der Waals surface area contributed by atoms with Crippen LogP contribution in [0.3, 0.4) is 0 Å². The van der Waals surface area contributed by atoms with Gasteiger partial charge in [0, 0.05) is 42.2 Å². The Kier molecular flexibility index (Phi) is 9.26. The molecule has 0 unspecified atom stereocenters. The van der Waals surface area contributed by atoms with Gasteiger partial charge in [0.2, 0.25) is 0 Å². The summed E-state index contributed by atoms with van der Waals surface area (Å²) in [5, 5.41) is 13.4. The first-order valence-electron chi connectivity index (χ1n) is 18.1. The van der Waals surface area contributed by atoms with E-state index in [0.717, 1.165) is 16.1 Å². The first kappa shape index (κ1) is 37.9. The van der Waals surface area contributed by atoms with Gasteiger partial charge in [-0.05, 0) is 48.1 Å². The van der Waals surface area contributed by atoms with Crippen molar-refractivity contribution in [2.75, 3.05) is 26.3 Å². The van der Waals surface area contributed by atoms with Crippen LogP contribution in [0.5, 0.6) is 17.2 Å². The first-order chi connectivity index (χ1) is 27.2. The lowest BCUT2D eigenvalue weighted by Gasteiger charge is -2.55. The fraction of sp³-hybridized carbons (Fsp3) is 0.279. The van der Waals surface area contributed by atoms with E-state index in [9.17, 15) is 27.9 Å². The van der Waals surface area contributed by atoms with Gasteiger partial charge in [-0.1, -0.05) is 83.9 Å². The second-order valence-electron chi connectivity index (χ2n) is 14.6. The van der Waals surface area contributed by atoms with Crippen LogP contribution in [-0.2, 0) is 30.8 Å². The van der Waals surface area contributed by atoms with Gasteiger partial charge in [0.25, 0.3) is 11.8 Å². The fourth-order valence-corrected chi connectivity index (χ4v) is 9.77. The Hall–Kier alpha value is -5.95. The highest BCUT2D eigenvalue weighted by molar-refractivity contribution is 6.33. The molecular weight excluding hydrogens is 763 g/mol. The number of benzene rings is 3. The molecule has 1 aliphatic heterocycles. The average molecular weight is 798 g/mol. The zero-order chi connectivity index (χ0) is 40.6. The Bertz CT molecular complexity index is 2400. The molecule has 8 rings (SSSR count). The third kappa shape index (κ3) is 5.73. The van der Waals surface area contributed by atoms with Crippen molar-refractivity contribution in [3.8, 4) is 17.2 Å². The van der Waals surface area contributed by atoms with E-state index >= 15 is 9.59 Å². The molecule has 0 spiro atoms. The zero-order valence-corrected chi connectivity index (χ0v) is 31.5. The van der Waals surface area contributed by atoms with Crippen LogP contribution in [0, 0.1) is 23.7 Å². The van der Waals surface area contributed by atoms with Gasteiger partial charge in [0.1, 0.15) is 22.9 Å². The molecule has 3 aliphatic carbocycles. The number of halogens is 4. The van der Waals surface area contributed by atoms with Gasteiger partial charge in [0.05, 0.1) is 36.5 Å². The molecule has 2 amide bonds. The molecule has 6 atom stereocenters. The maximum atomic E-state index is 15.3. The van der Waals surface area contributed by atoms with Gasteiger partial charge in [-0.3, -0.25) is 24.2 Å². The van der Waals surface area contributed by atoms with Crippen molar-refractivity contribution in [2.45, 2.75) is 30.4 Å². The van der Waals surface area contributed by atoms with E-state index < -0.39 is 70.3 Å². The highest BCUT2D eigenvalue weighted by Gasteiger charge is 2.67. The van der Waals surface area contributed by atoms with E-state index in [0.29, 0.717) is 22.8 Å². The molecular formula is C43H35ClF3N3O7. The Labute approximate surface area is 330 Å². The number of fused-ring (bicyclic) bond motifs is 4. The fourth-order valence-electron chi connectivity index (χ4n) is 9.54. The quantitative estimate of drug-likeness (QED) is 0.151. The number of nitrogens with zero attached hydrogens (tertiary/aromatic N) is 3. The number of aromatic hydroxyl groups is 1. The van der Waals surface area contributed by atoms with Crippen LogP contribution < -0.4 is 14.5 Å². The van der Waals surface area contributed by atoms with Crippen molar-refractivity contribution in [2.24, 2.45) is 23.7 Å². The largest absolute Gasteiger partial charge is 0.507 e. The summed E-state index contributed by atoms with van der Waals surface area (Å²) in [5.41, 5.74) is -1.01. The van der Waals surface area contributed by atoms with Crippen molar-refractivity contribution in [3.05, 3.63) is 130 Å². The molecule has 0 radical (unpaired) electrons. The summed E-state index contributed by atoms with van der Waals surface area (Å²) in [6.45, 7) is 0. The number of carbonyl (C=O) groups excluding carboxylic acids is 4. The number of amides is 2. The normalized spacial score (nSPS) is 25.6. The smallest absolute Gasteiger partial charge is 0.433 e. The van der Waals surface area contributed by atoms with Crippen molar-refractivity contribution in [1.29, 1.82) is 0 Å². The van der Waals surface area contributed by atoms with Crippen LogP contribution in [-0.4, -0.2) is 59.7 Å². The number of hydrogen-bond acceptors (Lipinski definition) is 9. The number of phenolic OH excluding ortho intramolecular Hbond substituents is 1. The van der Waals surface area contributed by atoms with Crippen LogP contribution in [0.25, 0.3) is 5.57 Å². The summed E-state index contributed by atoms with van der Waals surface area (Å²) >= 11 is 6.32. The molecule has 1 aromatic heterocycles. The van der Waals surface area contributed by atoms with Crippen LogP contribution in [0.4, 0.5) is 19.0 Å². The number of ketones is 2. The van der Waals surface area contributed by atoms with Crippen LogP contribution in [0.15, 0.2) is 103 Å². The highest BCUT2D eigenvalue weighted by Crippen LogP contribution is 2.65. The molecule has 57 heavy (non-hydrogen) atoms. The molecule has 3 aromatic carbocycles. The lowest BCUT2D eigenvalue weighted by atomic mass is 9.44. The molecule has 4 aliphatic rings. The van der Waals surface area contributed by atoms with Crippen molar-refractivity contribution in [1.82, 2.24) is 9.99 Å². The third-order valence-electron chi connectivity index (χ3n) is 11.9. The lowest BCUT2D eigenvalue weighted by molar-refractivity contribution is -0.141. The number of hydrazine groups is 1. The number of hydrogen-bond donors (Lipinski definition) is 1. The van der Waals surface area contributed by atoms with E-state index in [4.69, 9.17) is 21.1 Å². The van der Waals surface area contributed by atoms with Crippen molar-refractivity contribution < 1.29 is 46.9 Å². The minimum Gasteiger partial charge on any atom is -0.507 e. The van der Waals surface area contributed by atoms with Gasteiger partial charge in [-0.2, -0.15) is 18.2 Å². The highest BCUT2D eigenvalue weighted by atomic mass is 35.5. The maximum absolute atomic E-state index is 15.3. The van der Waals surface area contributed by atoms with Gasteiger partial charge < -0.3 is 14.6 Å². The Morgan fingerprint density at radius 3 is 2.25 bits per heavy atom. The van der Waals surface area contributed by atoms with Crippen LogP contribution >= 0.6 is 11.6 Å². The second kappa shape index (κ2) is 13.9. The molecule has 10 nitrogen and oxygen atoms in total. The molecule has 2 heterocycles. The number of pyridine rings is 1. The minimum atomic E-state index is -4.83. The second-order valence-corrected chi connectivity index (χ2v) is 15.0. The van der Waals surface area contributed by atoms with Crippen molar-refractivity contribution >= 4 is 46.4 Å². The number of ether oxygens (including phenoxy) is 2. The van der Waals surface area contributed by atoms with Crippen LogP contribution in [0.2, 0.25) is 5.02 Å². The molecule has 4 aromatic rings. The molecule has 14 heteroatoms. The van der Waals surface area contributed by atoms with E-state index in [1.54, 1.807) is 72.8 Å². The number of alkyl halides is 3. The average Bonchev–Trinajstić information content (AvgIpc) is 3.47. The summed E-state index contributed by atoms with van der Waals surface area (Å²) in [6, 6.07) is 22.2. The summed E-state index contributed by atoms with van der Waals surface area (Å²) in [6.07, 6.45) is -1.72. The Morgan fingerprint density at radius 2 is 1.60 bits per heavy atom. The summed E-state index contributed by atoms with van der Waals surface area (Å²) in [4.78, 5) is 63.2. The van der Waals surface area contributed by atoms with Gasteiger partial charge in [0.15, 0.2) is 17.4 Å². The van der Waals surface area contributed by atoms with Gasteiger partial charge in [-0.15, -0.1) is 0 Å². The van der Waals surface area contributed by atoms with Gasteiger partial charge in [-0.25, -0.2) is 4.98 Å². The predicted octanol–water partition coefficient (Wildman–Crippen LogP) is 7.35. The maximum Gasteiger partial charge on any atom is 0.433 e. The Morgan fingerprint density at radius 1 is 0.912 bits per heavy atom. The topological polar surface area (TPSA) is 126 Å².